The summed E-state index contributed by atoms with van der Waals surface area (Å²) in [4.78, 5) is 58.1. The number of hydrogen-bond donors (Lipinski definition) is 4. The van der Waals surface area contributed by atoms with Gasteiger partial charge in [-0.15, -0.1) is 0 Å². The van der Waals surface area contributed by atoms with Gasteiger partial charge in [-0.2, -0.15) is 0 Å². The molecule has 0 radical (unpaired) electrons. The van der Waals surface area contributed by atoms with E-state index >= 15 is 0 Å². The van der Waals surface area contributed by atoms with Crippen molar-refractivity contribution >= 4 is 33.6 Å². The summed E-state index contributed by atoms with van der Waals surface area (Å²) in [6.07, 6.45) is 63.1. The van der Waals surface area contributed by atoms with Gasteiger partial charge in [0, 0.05) is 19.3 Å². The van der Waals surface area contributed by atoms with E-state index in [9.17, 15) is 43.5 Å². The molecule has 0 aliphatic carbocycles. The number of esters is 3. The summed E-state index contributed by atoms with van der Waals surface area (Å²) < 4.78 is 60.6. The van der Waals surface area contributed by atoms with E-state index in [4.69, 9.17) is 32.3 Å². The normalized spacial score (nSPS) is 15.1. The predicted molar refractivity (Wildman–Crippen MR) is 334 cm³/mol. The summed E-state index contributed by atoms with van der Waals surface area (Å²) in [6.45, 7) is 2.35. The molecule has 0 aromatic heterocycles. The summed E-state index contributed by atoms with van der Waals surface area (Å²) in [6, 6.07) is 0. The SMILES string of the molecule is CC/C=C\C/C=C\C/C=C\C/C=C\C/C=C\CCCC(=O)OCC(COP(=O)(O)OCC(O)COP(=O)(O)OCC(O)COC(=O)CCCCCCCC/C=C\C/C=C\C/C=C\CCCCC)OC(=O)CCCCCCC/C=C\CCCC. The number of aliphatic hydroxyl groups is 2. The molecule has 0 heterocycles. The molecule has 0 spiro atoms. The molecular formula is C65H110O16P2. The third-order valence-corrected chi connectivity index (χ3v) is 14.4. The van der Waals surface area contributed by atoms with Crippen molar-refractivity contribution in [2.75, 3.05) is 39.6 Å². The van der Waals surface area contributed by atoms with E-state index in [0.717, 1.165) is 128 Å². The number of hydrogen-bond acceptors (Lipinski definition) is 14. The van der Waals surface area contributed by atoms with Gasteiger partial charge in [0.15, 0.2) is 6.10 Å². The van der Waals surface area contributed by atoms with E-state index in [2.05, 4.69) is 118 Å². The van der Waals surface area contributed by atoms with Crippen LogP contribution in [-0.2, 0) is 55.8 Å². The van der Waals surface area contributed by atoms with Gasteiger partial charge in [-0.05, 0) is 116 Å². The van der Waals surface area contributed by atoms with E-state index in [-0.39, 0.29) is 19.3 Å². The Morgan fingerprint density at radius 1 is 0.349 bits per heavy atom. The first-order chi connectivity index (χ1) is 40.2. The minimum Gasteiger partial charge on any atom is -0.463 e. The summed E-state index contributed by atoms with van der Waals surface area (Å²) >= 11 is 0. The van der Waals surface area contributed by atoms with Gasteiger partial charge in [-0.3, -0.25) is 32.5 Å². The van der Waals surface area contributed by atoms with Crippen molar-refractivity contribution in [2.45, 2.75) is 245 Å². The Kier molecular flexibility index (Phi) is 55.9. The number of allylic oxidation sites excluding steroid dienone is 18. The topological polar surface area (TPSA) is 231 Å². The molecular weight excluding hydrogens is 1100 g/mol. The van der Waals surface area contributed by atoms with Crippen LogP contribution in [0.25, 0.3) is 0 Å². The highest BCUT2D eigenvalue weighted by molar-refractivity contribution is 7.47. The molecule has 0 aliphatic heterocycles. The van der Waals surface area contributed by atoms with Gasteiger partial charge >= 0.3 is 33.6 Å². The van der Waals surface area contributed by atoms with Crippen molar-refractivity contribution < 1.29 is 75.8 Å². The first-order valence-corrected chi connectivity index (χ1v) is 34.2. The highest BCUT2D eigenvalue weighted by atomic mass is 31.2. The van der Waals surface area contributed by atoms with E-state index in [1.807, 2.05) is 12.2 Å². The average molecular weight is 1210 g/mol. The van der Waals surface area contributed by atoms with Gasteiger partial charge in [0.25, 0.3) is 0 Å². The summed E-state index contributed by atoms with van der Waals surface area (Å²) in [7, 11) is -9.79. The lowest BCUT2D eigenvalue weighted by atomic mass is 10.1. The Bertz CT molecular complexity index is 1960. The van der Waals surface area contributed by atoms with Crippen LogP contribution in [0.5, 0.6) is 0 Å². The molecule has 5 atom stereocenters. The summed E-state index contributed by atoms with van der Waals surface area (Å²) in [5, 5.41) is 20.5. The Hall–Kier alpha value is -3.79. The molecule has 5 unspecified atom stereocenters. The number of aliphatic hydroxyl groups excluding tert-OH is 2. The van der Waals surface area contributed by atoms with Crippen LogP contribution in [0.1, 0.15) is 226 Å². The van der Waals surface area contributed by atoms with Crippen molar-refractivity contribution in [3.63, 3.8) is 0 Å². The van der Waals surface area contributed by atoms with Crippen LogP contribution in [0.3, 0.4) is 0 Å². The Morgan fingerprint density at radius 3 is 1.11 bits per heavy atom. The molecule has 16 nitrogen and oxygen atoms in total. The second-order valence-corrected chi connectivity index (χ2v) is 23.4. The molecule has 18 heteroatoms. The van der Waals surface area contributed by atoms with Gasteiger partial charge in [0.2, 0.25) is 0 Å². The Morgan fingerprint density at radius 2 is 0.663 bits per heavy atom. The van der Waals surface area contributed by atoms with Crippen molar-refractivity contribution in [3.8, 4) is 0 Å². The van der Waals surface area contributed by atoms with Gasteiger partial charge in [-0.25, -0.2) is 9.13 Å². The van der Waals surface area contributed by atoms with Crippen LogP contribution in [0, 0.1) is 0 Å². The van der Waals surface area contributed by atoms with Gasteiger partial charge in [0.05, 0.1) is 26.4 Å². The molecule has 0 rings (SSSR count). The second kappa shape index (κ2) is 58.6. The van der Waals surface area contributed by atoms with E-state index in [1.165, 1.54) is 32.1 Å². The molecule has 0 aliphatic rings. The molecule has 0 amide bonds. The second-order valence-electron chi connectivity index (χ2n) is 20.5. The third-order valence-electron chi connectivity index (χ3n) is 12.5. The monoisotopic (exact) mass is 1210 g/mol. The molecule has 476 valence electrons. The molecule has 0 fully saturated rings. The van der Waals surface area contributed by atoms with Crippen LogP contribution in [-0.4, -0.2) is 95.9 Å². The standard InChI is InChI=1S/C65H110O16P2/c1-4-7-10-13-16-19-22-24-26-28-29-31-33-34-37-39-42-45-48-51-63(68)75-54-60(66)55-77-82(71,72)78-56-61(67)57-79-83(73,74)80-59-62(81-65(70)53-50-47-44-41-36-21-18-15-12-9-6-3)58-76-64(69)52-49-46-43-40-38-35-32-30-27-25-23-20-17-14-11-8-5-2/h8,11,15-20,24-27,29,31-32,35,40,43,60-62,66-67H,4-7,9-10,12-14,21-23,28,30,33-34,36-39,41-42,44-59H2,1-3H3,(H,71,72)(H,73,74)/b11-8-,18-15-,19-16-,20-17-,26-24-,27-25-,31-29-,35-32-,43-40-. The zero-order chi connectivity index (χ0) is 61.0. The largest absolute Gasteiger partial charge is 0.472 e. The van der Waals surface area contributed by atoms with Crippen LogP contribution in [0.15, 0.2) is 109 Å². The fourth-order valence-corrected chi connectivity index (χ4v) is 9.24. The van der Waals surface area contributed by atoms with E-state index < -0.39 is 91.5 Å². The minimum atomic E-state index is -4.93. The fourth-order valence-electron chi connectivity index (χ4n) is 7.65. The molecule has 0 saturated carbocycles. The van der Waals surface area contributed by atoms with Crippen LogP contribution >= 0.6 is 15.6 Å². The first-order valence-electron chi connectivity index (χ1n) is 31.2. The highest BCUT2D eigenvalue weighted by Gasteiger charge is 2.29. The van der Waals surface area contributed by atoms with E-state index in [1.54, 1.807) is 0 Å². The van der Waals surface area contributed by atoms with E-state index in [0.29, 0.717) is 25.7 Å². The maximum absolute atomic E-state index is 12.8. The fraction of sp³-hybridized carbons (Fsp3) is 0.677. The average Bonchev–Trinajstić information content (AvgIpc) is 3.47. The number of ether oxygens (including phenoxy) is 3. The Labute approximate surface area is 500 Å². The number of unbranched alkanes of at least 4 members (excludes halogenated alkanes) is 17. The molecule has 0 bridgehead atoms. The Balaban J connectivity index is 4.69. The predicted octanol–water partition coefficient (Wildman–Crippen LogP) is 16.5. The maximum atomic E-state index is 12.8. The zero-order valence-corrected chi connectivity index (χ0v) is 52.9. The number of rotatable bonds is 58. The number of phosphoric ester groups is 2. The van der Waals surface area contributed by atoms with Gasteiger partial charge in [-0.1, -0.05) is 201 Å². The summed E-state index contributed by atoms with van der Waals surface area (Å²) in [5.41, 5.74) is 0. The summed E-state index contributed by atoms with van der Waals surface area (Å²) in [5.74, 6) is -1.67. The zero-order valence-electron chi connectivity index (χ0n) is 51.1. The molecule has 83 heavy (non-hydrogen) atoms. The van der Waals surface area contributed by atoms with Gasteiger partial charge in [0.1, 0.15) is 25.4 Å². The van der Waals surface area contributed by atoms with Crippen molar-refractivity contribution in [2.24, 2.45) is 0 Å². The maximum Gasteiger partial charge on any atom is 0.472 e. The van der Waals surface area contributed by atoms with Crippen LogP contribution in [0.4, 0.5) is 0 Å². The molecule has 0 aromatic rings. The lowest BCUT2D eigenvalue weighted by Crippen LogP contribution is -2.30. The lowest BCUT2D eigenvalue weighted by Gasteiger charge is -2.21. The molecule has 0 aromatic carbocycles. The number of carbonyl (C=O) groups is 3. The number of phosphoric acid groups is 2. The van der Waals surface area contributed by atoms with Crippen LogP contribution < -0.4 is 0 Å². The lowest BCUT2D eigenvalue weighted by molar-refractivity contribution is -0.161. The highest BCUT2D eigenvalue weighted by Crippen LogP contribution is 2.45. The van der Waals surface area contributed by atoms with Crippen molar-refractivity contribution in [1.29, 1.82) is 0 Å². The third kappa shape index (κ3) is 59.7. The van der Waals surface area contributed by atoms with Crippen molar-refractivity contribution in [3.05, 3.63) is 109 Å². The molecule has 4 N–H and O–H groups in total. The first kappa shape index (κ1) is 79.2. The van der Waals surface area contributed by atoms with Crippen LogP contribution in [0.2, 0.25) is 0 Å². The van der Waals surface area contributed by atoms with Gasteiger partial charge < -0.3 is 34.2 Å². The quantitative estimate of drug-likeness (QED) is 0.0146. The number of carbonyl (C=O) groups excluding carboxylic acids is 3. The minimum absolute atomic E-state index is 0.0789. The smallest absolute Gasteiger partial charge is 0.463 e. The van der Waals surface area contributed by atoms with Crippen molar-refractivity contribution in [1.82, 2.24) is 0 Å². The molecule has 0 saturated heterocycles.